The van der Waals surface area contributed by atoms with Crippen molar-refractivity contribution < 1.29 is 9.53 Å². The van der Waals surface area contributed by atoms with E-state index < -0.39 is 0 Å². The summed E-state index contributed by atoms with van der Waals surface area (Å²) in [6, 6.07) is 7.84. The first-order valence-electron chi connectivity index (χ1n) is 5.71. The second-order valence-electron chi connectivity index (χ2n) is 4.17. The van der Waals surface area contributed by atoms with E-state index in [0.29, 0.717) is 6.54 Å². The Morgan fingerprint density at radius 1 is 1.47 bits per heavy atom. The summed E-state index contributed by atoms with van der Waals surface area (Å²) in [5.41, 5.74) is 6.45. The fourth-order valence-corrected chi connectivity index (χ4v) is 1.64. The Morgan fingerprint density at radius 2 is 2.18 bits per heavy atom. The molecule has 0 aliphatic heterocycles. The zero-order valence-electron chi connectivity index (χ0n) is 10.6. The molecule has 1 rings (SSSR count). The van der Waals surface area contributed by atoms with Crippen LogP contribution in [0.25, 0.3) is 0 Å². The van der Waals surface area contributed by atoms with Gasteiger partial charge in [-0.1, -0.05) is 12.1 Å². The molecule has 0 unspecified atom stereocenters. The predicted molar refractivity (Wildman–Crippen MR) is 67.7 cm³/mol. The lowest BCUT2D eigenvalue weighted by molar-refractivity contribution is -0.132. The first-order valence-corrected chi connectivity index (χ1v) is 5.71. The lowest BCUT2D eigenvalue weighted by Crippen LogP contribution is -2.40. The highest BCUT2D eigenvalue weighted by Crippen LogP contribution is 2.15. The molecular weight excluding hydrogens is 216 g/mol. The molecule has 2 N–H and O–H groups in total. The Bertz CT molecular complexity index is 377. The van der Waals surface area contributed by atoms with E-state index in [2.05, 4.69) is 0 Å². The molecule has 0 aliphatic rings. The van der Waals surface area contributed by atoms with Crippen molar-refractivity contribution >= 4 is 5.91 Å². The molecule has 0 radical (unpaired) electrons. The van der Waals surface area contributed by atoms with E-state index in [1.165, 1.54) is 0 Å². The minimum atomic E-state index is -0.0391. The van der Waals surface area contributed by atoms with Crippen molar-refractivity contribution in [2.24, 2.45) is 5.73 Å². The number of carbonyl (C=O) groups is 1. The zero-order valence-corrected chi connectivity index (χ0v) is 10.6. The van der Waals surface area contributed by atoms with Crippen molar-refractivity contribution in [1.29, 1.82) is 0 Å². The van der Waals surface area contributed by atoms with Gasteiger partial charge in [0, 0.05) is 12.6 Å². The van der Waals surface area contributed by atoms with Crippen LogP contribution in [0.2, 0.25) is 0 Å². The highest BCUT2D eigenvalue weighted by atomic mass is 16.5. The maximum Gasteiger partial charge on any atom is 0.236 e. The number of rotatable bonds is 5. The van der Waals surface area contributed by atoms with E-state index in [0.717, 1.165) is 11.3 Å². The molecule has 0 spiro atoms. The molecule has 17 heavy (non-hydrogen) atoms. The monoisotopic (exact) mass is 236 g/mol. The fourth-order valence-electron chi connectivity index (χ4n) is 1.64. The predicted octanol–water partition coefficient (Wildman–Crippen LogP) is 1.39. The Balaban J connectivity index is 2.82. The van der Waals surface area contributed by atoms with E-state index in [1.54, 1.807) is 12.0 Å². The lowest BCUT2D eigenvalue weighted by atomic mass is 10.1. The standard InChI is InChI=1S/C13H20N2O2/c1-10(2)15(13(16)8-14)9-11-5-4-6-12(7-11)17-3/h4-7,10H,8-9,14H2,1-3H3. The van der Waals surface area contributed by atoms with Gasteiger partial charge in [-0.15, -0.1) is 0 Å². The molecule has 1 aromatic rings. The van der Waals surface area contributed by atoms with Gasteiger partial charge in [0.15, 0.2) is 0 Å². The summed E-state index contributed by atoms with van der Waals surface area (Å²) < 4.78 is 5.16. The van der Waals surface area contributed by atoms with E-state index >= 15 is 0 Å². The van der Waals surface area contributed by atoms with Crippen molar-refractivity contribution in [3.8, 4) is 5.75 Å². The van der Waals surface area contributed by atoms with Crippen LogP contribution in [-0.4, -0.2) is 30.5 Å². The van der Waals surface area contributed by atoms with Gasteiger partial charge in [0.25, 0.3) is 0 Å². The molecule has 0 saturated heterocycles. The van der Waals surface area contributed by atoms with Gasteiger partial charge in [0.1, 0.15) is 5.75 Å². The highest BCUT2D eigenvalue weighted by molar-refractivity contribution is 5.78. The van der Waals surface area contributed by atoms with Crippen LogP contribution in [-0.2, 0) is 11.3 Å². The van der Waals surface area contributed by atoms with Crippen LogP contribution in [0.1, 0.15) is 19.4 Å². The highest BCUT2D eigenvalue weighted by Gasteiger charge is 2.15. The second-order valence-corrected chi connectivity index (χ2v) is 4.17. The van der Waals surface area contributed by atoms with Gasteiger partial charge in [-0.25, -0.2) is 0 Å². The Hall–Kier alpha value is -1.55. The number of amides is 1. The number of ether oxygens (including phenoxy) is 1. The number of methoxy groups -OCH3 is 1. The molecule has 0 aliphatic carbocycles. The van der Waals surface area contributed by atoms with Gasteiger partial charge in [-0.2, -0.15) is 0 Å². The van der Waals surface area contributed by atoms with Crippen LogP contribution in [0.5, 0.6) is 5.75 Å². The van der Waals surface area contributed by atoms with Gasteiger partial charge < -0.3 is 15.4 Å². The third kappa shape index (κ3) is 3.75. The van der Waals surface area contributed by atoms with Crippen molar-refractivity contribution in [2.45, 2.75) is 26.4 Å². The normalized spacial score (nSPS) is 10.4. The quantitative estimate of drug-likeness (QED) is 0.840. The minimum absolute atomic E-state index is 0.0391. The Labute approximate surface area is 102 Å². The van der Waals surface area contributed by atoms with Crippen LogP contribution in [0.4, 0.5) is 0 Å². The van der Waals surface area contributed by atoms with Crippen molar-refractivity contribution in [2.75, 3.05) is 13.7 Å². The number of carbonyl (C=O) groups excluding carboxylic acids is 1. The Morgan fingerprint density at radius 3 is 2.71 bits per heavy atom. The molecule has 0 bridgehead atoms. The molecule has 4 heteroatoms. The summed E-state index contributed by atoms with van der Waals surface area (Å²) >= 11 is 0. The largest absolute Gasteiger partial charge is 0.497 e. The van der Waals surface area contributed by atoms with E-state index in [9.17, 15) is 4.79 Å². The molecule has 0 heterocycles. The average Bonchev–Trinajstić information content (AvgIpc) is 2.35. The minimum Gasteiger partial charge on any atom is -0.497 e. The molecule has 0 fully saturated rings. The van der Waals surface area contributed by atoms with E-state index in [-0.39, 0.29) is 18.5 Å². The third-order valence-corrected chi connectivity index (χ3v) is 2.61. The van der Waals surface area contributed by atoms with Crippen molar-refractivity contribution in [3.63, 3.8) is 0 Å². The zero-order chi connectivity index (χ0) is 12.8. The maximum absolute atomic E-state index is 11.7. The second kappa shape index (κ2) is 6.25. The number of nitrogens with zero attached hydrogens (tertiary/aromatic N) is 1. The summed E-state index contributed by atoms with van der Waals surface area (Å²) in [6.45, 7) is 4.56. The summed E-state index contributed by atoms with van der Waals surface area (Å²) in [7, 11) is 1.63. The molecule has 1 amide bonds. The third-order valence-electron chi connectivity index (χ3n) is 2.61. The van der Waals surface area contributed by atoms with Gasteiger partial charge in [-0.05, 0) is 31.5 Å². The molecule has 0 aromatic heterocycles. The number of nitrogens with two attached hydrogens (primary N) is 1. The smallest absolute Gasteiger partial charge is 0.236 e. The fraction of sp³-hybridized carbons (Fsp3) is 0.462. The van der Waals surface area contributed by atoms with Gasteiger partial charge in [0.05, 0.1) is 13.7 Å². The topological polar surface area (TPSA) is 55.6 Å². The van der Waals surface area contributed by atoms with Crippen molar-refractivity contribution in [3.05, 3.63) is 29.8 Å². The molecular formula is C13H20N2O2. The van der Waals surface area contributed by atoms with Gasteiger partial charge in [-0.3, -0.25) is 4.79 Å². The Kier molecular flexibility index (Phi) is 4.97. The molecule has 0 saturated carbocycles. The van der Waals surface area contributed by atoms with Crippen LogP contribution < -0.4 is 10.5 Å². The van der Waals surface area contributed by atoms with E-state index in [4.69, 9.17) is 10.5 Å². The van der Waals surface area contributed by atoms with Crippen LogP contribution >= 0.6 is 0 Å². The first-order chi connectivity index (χ1) is 8.08. The summed E-state index contributed by atoms with van der Waals surface area (Å²) in [5, 5.41) is 0. The number of hydrogen-bond donors (Lipinski definition) is 1. The number of hydrogen-bond acceptors (Lipinski definition) is 3. The lowest BCUT2D eigenvalue weighted by Gasteiger charge is -2.26. The SMILES string of the molecule is COc1cccc(CN(C(=O)CN)C(C)C)c1. The van der Waals surface area contributed by atoms with Crippen LogP contribution in [0, 0.1) is 0 Å². The number of benzene rings is 1. The molecule has 1 aromatic carbocycles. The van der Waals surface area contributed by atoms with Crippen LogP contribution in [0.3, 0.4) is 0 Å². The molecule has 4 nitrogen and oxygen atoms in total. The van der Waals surface area contributed by atoms with E-state index in [1.807, 2.05) is 38.1 Å². The van der Waals surface area contributed by atoms with Gasteiger partial charge >= 0.3 is 0 Å². The van der Waals surface area contributed by atoms with Crippen molar-refractivity contribution in [1.82, 2.24) is 4.90 Å². The first kappa shape index (κ1) is 13.5. The summed E-state index contributed by atoms with van der Waals surface area (Å²) in [6.07, 6.45) is 0. The van der Waals surface area contributed by atoms with Gasteiger partial charge in [0.2, 0.25) is 5.91 Å². The summed E-state index contributed by atoms with van der Waals surface area (Å²) in [4.78, 5) is 13.4. The molecule has 94 valence electrons. The maximum atomic E-state index is 11.7. The molecule has 0 atom stereocenters. The van der Waals surface area contributed by atoms with Crippen LogP contribution in [0.15, 0.2) is 24.3 Å². The summed E-state index contributed by atoms with van der Waals surface area (Å²) in [5.74, 6) is 0.759. The average molecular weight is 236 g/mol.